The number of nitrogens with two attached hydrogens (primary N) is 3. The minimum Gasteiger partial charge on any atom is -0.492 e. The highest BCUT2D eigenvalue weighted by atomic mass is 16.5. The summed E-state index contributed by atoms with van der Waals surface area (Å²) in [7, 11) is 1.44. The maximum atomic E-state index is 14.5. The number of nitrogens with zero attached hydrogens (tertiary/aromatic N) is 2. The molecule has 1 aliphatic heterocycles. The second-order valence-electron chi connectivity index (χ2n) is 14.9. The van der Waals surface area contributed by atoms with Gasteiger partial charge in [-0.15, -0.1) is 0 Å². The zero-order chi connectivity index (χ0) is 43.2. The standard InChI is InChI=1S/C43H57N9O7/c1-25(2)20-28-6-9-31(26(3)21-28)40(54)50-34(12-13-44)43(57)52(5)38-30-8-11-37(59-19-16-47)33(24-30)32-22-29(7-10-36(32)58-18-15-46)23-35(41(55)48-17-14-45)51-39(53)27(4)49-42(38)56/h6-11,21-22,24-25,27,34-35,38H,12-13,15-20,23,44,46-47H2,1-5H3,(H,48,55)(H,49,56)(H,50,54)(H,51,53)/t27-,34-,35-,38-/m0/s1. The first-order chi connectivity index (χ1) is 28.2. The lowest BCUT2D eigenvalue weighted by Crippen LogP contribution is -2.56. The summed E-state index contributed by atoms with van der Waals surface area (Å²) in [5.41, 5.74) is 21.8. The number of nitriles is 1. The molecule has 16 heteroatoms. The van der Waals surface area contributed by atoms with E-state index in [0.29, 0.717) is 45.2 Å². The first kappa shape index (κ1) is 45.7. The van der Waals surface area contributed by atoms with E-state index in [0.717, 1.165) is 17.5 Å². The minimum atomic E-state index is -1.36. The average Bonchev–Trinajstić information content (AvgIpc) is 3.20. The molecule has 16 nitrogen and oxygen atoms in total. The summed E-state index contributed by atoms with van der Waals surface area (Å²) in [4.78, 5) is 70.8. The van der Waals surface area contributed by atoms with E-state index in [1.807, 2.05) is 25.1 Å². The van der Waals surface area contributed by atoms with E-state index in [2.05, 4.69) is 35.1 Å². The Bertz CT molecular complexity index is 2030. The van der Waals surface area contributed by atoms with Gasteiger partial charge in [-0.05, 0) is 91.7 Å². The highest BCUT2D eigenvalue weighted by Crippen LogP contribution is 2.40. The third-order valence-electron chi connectivity index (χ3n) is 9.79. The second-order valence-corrected chi connectivity index (χ2v) is 14.9. The average molecular weight is 812 g/mol. The van der Waals surface area contributed by atoms with E-state index in [-0.39, 0.29) is 52.2 Å². The van der Waals surface area contributed by atoms with E-state index in [9.17, 15) is 24.0 Å². The van der Waals surface area contributed by atoms with Crippen molar-refractivity contribution in [1.29, 1.82) is 5.26 Å². The summed E-state index contributed by atoms with van der Waals surface area (Å²) in [6, 6.07) is 12.9. The molecule has 0 unspecified atom stereocenters. The van der Waals surface area contributed by atoms with Gasteiger partial charge in [0.25, 0.3) is 5.91 Å². The van der Waals surface area contributed by atoms with Crippen LogP contribution in [0.15, 0.2) is 54.6 Å². The fraction of sp³-hybridized carbons (Fsp3) is 0.442. The highest BCUT2D eigenvalue weighted by molar-refractivity contribution is 6.00. The third-order valence-corrected chi connectivity index (χ3v) is 9.79. The largest absolute Gasteiger partial charge is 0.492 e. The molecule has 0 spiro atoms. The van der Waals surface area contributed by atoms with Crippen LogP contribution in [0.5, 0.6) is 11.5 Å². The zero-order valence-corrected chi connectivity index (χ0v) is 34.4. The molecule has 0 saturated carbocycles. The van der Waals surface area contributed by atoms with Crippen LogP contribution in [-0.2, 0) is 32.0 Å². The van der Waals surface area contributed by atoms with Gasteiger partial charge in [-0.1, -0.05) is 38.1 Å². The number of carbonyl (C=O) groups excluding carboxylic acids is 5. The highest BCUT2D eigenvalue weighted by Gasteiger charge is 2.36. The molecule has 0 radical (unpaired) electrons. The van der Waals surface area contributed by atoms with Gasteiger partial charge in [0.05, 0.1) is 6.07 Å². The number of amides is 5. The maximum absolute atomic E-state index is 14.5. The smallest absolute Gasteiger partial charge is 0.252 e. The molecule has 0 saturated heterocycles. The molecular formula is C43H57N9O7. The van der Waals surface area contributed by atoms with Crippen molar-refractivity contribution in [3.63, 3.8) is 0 Å². The van der Waals surface area contributed by atoms with Crippen molar-refractivity contribution in [3.05, 3.63) is 82.4 Å². The molecule has 1 aliphatic rings. The molecule has 0 aliphatic carbocycles. The van der Waals surface area contributed by atoms with Gasteiger partial charge in [-0.25, -0.2) is 0 Å². The van der Waals surface area contributed by atoms with Crippen LogP contribution in [0.25, 0.3) is 11.1 Å². The van der Waals surface area contributed by atoms with Gasteiger partial charge in [0.1, 0.15) is 55.4 Å². The van der Waals surface area contributed by atoms with Crippen molar-refractivity contribution in [2.24, 2.45) is 23.1 Å². The molecule has 3 aromatic carbocycles. The lowest BCUT2D eigenvalue weighted by molar-refractivity contribution is -0.141. The number of ether oxygens (including phenoxy) is 2. The van der Waals surface area contributed by atoms with Gasteiger partial charge < -0.3 is 52.8 Å². The molecule has 316 valence electrons. The summed E-state index contributed by atoms with van der Waals surface area (Å²) in [5.74, 6) is -1.87. The maximum Gasteiger partial charge on any atom is 0.252 e. The van der Waals surface area contributed by atoms with Crippen LogP contribution in [0.3, 0.4) is 0 Å². The molecule has 0 fully saturated rings. The van der Waals surface area contributed by atoms with Crippen LogP contribution >= 0.6 is 0 Å². The normalized spacial score (nSPS) is 17.1. The van der Waals surface area contributed by atoms with Crippen LogP contribution in [0, 0.1) is 24.2 Å². The van der Waals surface area contributed by atoms with Gasteiger partial charge in [0.15, 0.2) is 0 Å². The lowest BCUT2D eigenvalue weighted by Gasteiger charge is -2.32. The zero-order valence-electron chi connectivity index (χ0n) is 34.4. The number of hydrogen-bond donors (Lipinski definition) is 7. The van der Waals surface area contributed by atoms with Crippen molar-refractivity contribution in [2.45, 2.75) is 71.1 Å². The van der Waals surface area contributed by atoms with Gasteiger partial charge in [0.2, 0.25) is 23.6 Å². The molecule has 1 heterocycles. The predicted molar refractivity (Wildman–Crippen MR) is 223 cm³/mol. The van der Waals surface area contributed by atoms with Crippen molar-refractivity contribution < 1.29 is 33.4 Å². The summed E-state index contributed by atoms with van der Waals surface area (Å²) in [5, 5.41) is 19.9. The first-order valence-electron chi connectivity index (χ1n) is 19.8. The number of nitrogens with one attached hydrogen (secondary N) is 4. The molecule has 4 rings (SSSR count). The van der Waals surface area contributed by atoms with Crippen LogP contribution in [0.4, 0.5) is 0 Å². The van der Waals surface area contributed by atoms with Crippen LogP contribution in [-0.4, -0.2) is 99.0 Å². The quantitative estimate of drug-likeness (QED) is 0.102. The number of fused-ring (bicyclic) bond motifs is 5. The Morgan fingerprint density at radius 3 is 2.19 bits per heavy atom. The topological polar surface area (TPSA) is 257 Å². The number of aryl methyl sites for hydroxylation is 1. The summed E-state index contributed by atoms with van der Waals surface area (Å²) < 4.78 is 12.2. The number of hydrogen-bond acceptors (Lipinski definition) is 11. The number of likely N-dealkylation sites (N-methyl/N-ethyl adjacent to an activating group) is 1. The predicted octanol–water partition coefficient (Wildman–Crippen LogP) is 1.37. The Kier molecular flexibility index (Phi) is 16.8. The number of benzene rings is 3. The molecular weight excluding hydrogens is 755 g/mol. The van der Waals surface area contributed by atoms with E-state index in [1.165, 1.54) is 18.9 Å². The number of carbonyl (C=O) groups is 5. The van der Waals surface area contributed by atoms with E-state index < -0.39 is 53.7 Å². The SMILES string of the molecule is Cc1cc(CC(C)C)ccc1C(=O)N[C@@H](CCN)C(=O)N(C)[C@@H]1C(=O)N[C@@H](C)C(=O)N[C@H](C(=O)NCC#N)Cc2ccc(OCCN)c(c2)-c2cc1ccc2OCCN. The van der Waals surface area contributed by atoms with Crippen molar-refractivity contribution >= 4 is 29.5 Å². The van der Waals surface area contributed by atoms with Crippen LogP contribution in [0.2, 0.25) is 0 Å². The second kappa shape index (κ2) is 21.7. The Labute approximate surface area is 345 Å². The van der Waals surface area contributed by atoms with Gasteiger partial charge in [-0.3, -0.25) is 24.0 Å². The van der Waals surface area contributed by atoms with E-state index >= 15 is 0 Å². The fourth-order valence-corrected chi connectivity index (χ4v) is 6.94. The molecule has 4 atom stereocenters. The Balaban J connectivity index is 1.85. The summed E-state index contributed by atoms with van der Waals surface area (Å²) in [6.45, 7) is 8.00. The van der Waals surface area contributed by atoms with Gasteiger partial charge >= 0.3 is 0 Å². The molecule has 3 aromatic rings. The van der Waals surface area contributed by atoms with Crippen molar-refractivity contribution in [1.82, 2.24) is 26.2 Å². The molecule has 59 heavy (non-hydrogen) atoms. The van der Waals surface area contributed by atoms with Gasteiger partial charge in [-0.2, -0.15) is 5.26 Å². The van der Waals surface area contributed by atoms with Crippen LogP contribution < -0.4 is 47.9 Å². The van der Waals surface area contributed by atoms with Gasteiger partial charge in [0, 0.05) is 43.2 Å². The van der Waals surface area contributed by atoms with Crippen LogP contribution in [0.1, 0.15) is 65.8 Å². The molecule has 4 bridgehead atoms. The molecule has 5 amide bonds. The summed E-state index contributed by atoms with van der Waals surface area (Å²) in [6.07, 6.45) is 0.926. The van der Waals surface area contributed by atoms with Crippen molar-refractivity contribution in [2.75, 3.05) is 46.4 Å². The lowest BCUT2D eigenvalue weighted by atomic mass is 9.93. The first-order valence-corrected chi connectivity index (χ1v) is 19.8. The Morgan fingerprint density at radius 2 is 1.58 bits per heavy atom. The number of rotatable bonds is 16. The van der Waals surface area contributed by atoms with E-state index in [1.54, 1.807) is 42.5 Å². The Morgan fingerprint density at radius 1 is 0.915 bits per heavy atom. The van der Waals surface area contributed by atoms with Crippen molar-refractivity contribution in [3.8, 4) is 28.7 Å². The monoisotopic (exact) mass is 811 g/mol. The molecule has 0 aromatic heterocycles. The molecule has 10 N–H and O–H groups in total. The van der Waals surface area contributed by atoms with E-state index in [4.69, 9.17) is 31.9 Å². The third kappa shape index (κ3) is 12.0. The summed E-state index contributed by atoms with van der Waals surface area (Å²) >= 11 is 0. The Hall–Kier alpha value is -6.02. The fourth-order valence-electron chi connectivity index (χ4n) is 6.94. The minimum absolute atomic E-state index is 0.0161.